The Morgan fingerprint density at radius 1 is 1.73 bits per heavy atom. The van der Waals surface area contributed by atoms with Crippen molar-refractivity contribution in [1.29, 1.82) is 0 Å². The summed E-state index contributed by atoms with van der Waals surface area (Å²) in [5, 5.41) is 4.54. The third-order valence-corrected chi connectivity index (χ3v) is 1.07. The van der Waals surface area contributed by atoms with E-state index in [0.717, 1.165) is 0 Å². The minimum absolute atomic E-state index is 0.181. The number of aromatic nitrogens is 2. The first kappa shape index (κ1) is 7.76. The van der Waals surface area contributed by atoms with Gasteiger partial charge in [-0.3, -0.25) is 14.5 Å². The molecular formula is C4H9N5O2. The number of anilines is 1. The fourth-order valence-corrected chi connectivity index (χ4v) is 0.591. The summed E-state index contributed by atoms with van der Waals surface area (Å²) in [6.07, 6.45) is 0. The van der Waals surface area contributed by atoms with Gasteiger partial charge in [0.05, 0.1) is 0 Å². The summed E-state index contributed by atoms with van der Waals surface area (Å²) in [5.74, 6) is 4.93. The molecule has 62 valence electrons. The molecule has 0 aromatic carbocycles. The van der Waals surface area contributed by atoms with E-state index in [1.807, 2.05) is 0 Å². The Labute approximate surface area is 61.9 Å². The Kier molecular flexibility index (Phi) is 2.24. The van der Waals surface area contributed by atoms with Gasteiger partial charge in [-0.2, -0.15) is 0 Å². The fourth-order valence-electron chi connectivity index (χ4n) is 0.591. The van der Waals surface area contributed by atoms with Gasteiger partial charge in [-0.05, 0) is 5.16 Å². The van der Waals surface area contributed by atoms with E-state index in [9.17, 15) is 4.79 Å². The van der Waals surface area contributed by atoms with Crippen LogP contribution in [0.15, 0.2) is 9.32 Å². The molecule has 5 N–H and O–H groups in total. The number of hydrogen-bond acceptors (Lipinski definition) is 6. The summed E-state index contributed by atoms with van der Waals surface area (Å²) in [7, 11) is 0. The Morgan fingerprint density at radius 3 is 2.91 bits per heavy atom. The number of H-pyrrole nitrogens is 1. The highest BCUT2D eigenvalue weighted by atomic mass is 16.5. The summed E-state index contributed by atoms with van der Waals surface area (Å²) in [4.78, 5) is 12.7. The molecule has 0 saturated heterocycles. The maximum absolute atomic E-state index is 10.4. The Morgan fingerprint density at radius 2 is 2.45 bits per heavy atom. The minimum Gasteiger partial charge on any atom is -0.329 e. The van der Waals surface area contributed by atoms with Crippen molar-refractivity contribution in [3.05, 3.63) is 10.6 Å². The standard InChI is InChI=1S/C4H9N5O2/c5-1-2-9(6)3-7-4(10)11-8-3/h1-2,5-6H2,(H,7,8,10). The topological polar surface area (TPSA) is 114 Å². The van der Waals surface area contributed by atoms with Gasteiger partial charge in [-0.15, -0.1) is 0 Å². The van der Waals surface area contributed by atoms with Crippen molar-refractivity contribution in [3.63, 3.8) is 0 Å². The molecule has 0 amide bonds. The maximum Gasteiger partial charge on any atom is 0.440 e. The number of nitrogens with zero attached hydrogens (tertiary/aromatic N) is 2. The molecule has 7 heteroatoms. The lowest BCUT2D eigenvalue weighted by molar-refractivity contribution is 0.386. The van der Waals surface area contributed by atoms with Gasteiger partial charge < -0.3 is 5.73 Å². The molecule has 11 heavy (non-hydrogen) atoms. The van der Waals surface area contributed by atoms with E-state index in [-0.39, 0.29) is 5.95 Å². The quantitative estimate of drug-likeness (QED) is 0.347. The first-order valence-electron chi connectivity index (χ1n) is 3.02. The number of aromatic amines is 1. The zero-order valence-corrected chi connectivity index (χ0v) is 5.78. The van der Waals surface area contributed by atoms with Crippen LogP contribution in [-0.2, 0) is 0 Å². The number of nitrogens with one attached hydrogen (secondary N) is 1. The summed E-state index contributed by atoms with van der Waals surface area (Å²) >= 11 is 0. The molecule has 1 aromatic heterocycles. The van der Waals surface area contributed by atoms with Gasteiger partial charge in [0.1, 0.15) is 0 Å². The lowest BCUT2D eigenvalue weighted by Gasteiger charge is -2.10. The molecule has 0 unspecified atom stereocenters. The second kappa shape index (κ2) is 3.17. The van der Waals surface area contributed by atoms with Crippen LogP contribution >= 0.6 is 0 Å². The third kappa shape index (κ3) is 1.79. The van der Waals surface area contributed by atoms with Gasteiger partial charge in [-0.25, -0.2) is 10.6 Å². The molecule has 0 saturated carbocycles. The molecule has 0 aliphatic rings. The molecule has 1 heterocycles. The summed E-state index contributed by atoms with van der Waals surface area (Å²) in [5.41, 5.74) is 5.20. The van der Waals surface area contributed by atoms with Crippen molar-refractivity contribution in [2.24, 2.45) is 11.6 Å². The second-order valence-electron chi connectivity index (χ2n) is 1.90. The second-order valence-corrected chi connectivity index (χ2v) is 1.90. The van der Waals surface area contributed by atoms with Crippen molar-refractivity contribution < 1.29 is 4.52 Å². The largest absolute Gasteiger partial charge is 0.440 e. The van der Waals surface area contributed by atoms with Crippen LogP contribution in [0.1, 0.15) is 0 Å². The van der Waals surface area contributed by atoms with Gasteiger partial charge in [0.2, 0.25) is 0 Å². The van der Waals surface area contributed by atoms with Crippen molar-refractivity contribution in [1.82, 2.24) is 10.1 Å². The third-order valence-electron chi connectivity index (χ3n) is 1.07. The number of hydrogen-bond donors (Lipinski definition) is 3. The zero-order valence-electron chi connectivity index (χ0n) is 5.78. The first-order chi connectivity index (χ1) is 5.24. The van der Waals surface area contributed by atoms with Crippen LogP contribution in [-0.4, -0.2) is 23.2 Å². The van der Waals surface area contributed by atoms with Crippen LogP contribution in [0.2, 0.25) is 0 Å². The molecule has 1 aromatic rings. The van der Waals surface area contributed by atoms with Crippen LogP contribution in [0.4, 0.5) is 5.95 Å². The summed E-state index contributed by atoms with van der Waals surface area (Å²) in [6.45, 7) is 0.786. The lowest BCUT2D eigenvalue weighted by atomic mass is 10.6. The molecule has 7 nitrogen and oxygen atoms in total. The van der Waals surface area contributed by atoms with Crippen LogP contribution in [0.3, 0.4) is 0 Å². The number of rotatable bonds is 3. The average Bonchev–Trinajstić information content (AvgIpc) is 2.36. The SMILES string of the molecule is NCCN(N)c1noc(=O)[nH]1. The van der Waals surface area contributed by atoms with E-state index in [0.29, 0.717) is 13.1 Å². The molecule has 1 rings (SSSR count). The van der Waals surface area contributed by atoms with E-state index in [2.05, 4.69) is 14.7 Å². The van der Waals surface area contributed by atoms with Gasteiger partial charge in [-0.1, -0.05) is 0 Å². The normalized spacial score (nSPS) is 10.0. The first-order valence-corrected chi connectivity index (χ1v) is 3.02. The van der Waals surface area contributed by atoms with E-state index < -0.39 is 5.76 Å². The Hall–Kier alpha value is -1.34. The van der Waals surface area contributed by atoms with Crippen LogP contribution in [0.25, 0.3) is 0 Å². The molecule has 0 aliphatic heterocycles. The van der Waals surface area contributed by atoms with Crippen molar-refractivity contribution in [2.75, 3.05) is 18.1 Å². The minimum atomic E-state index is -0.632. The molecule has 0 bridgehead atoms. The highest BCUT2D eigenvalue weighted by molar-refractivity contribution is 5.22. The molecular weight excluding hydrogens is 150 g/mol. The van der Waals surface area contributed by atoms with Crippen molar-refractivity contribution in [3.8, 4) is 0 Å². The van der Waals surface area contributed by atoms with Gasteiger partial charge in [0, 0.05) is 13.1 Å². The highest BCUT2D eigenvalue weighted by Crippen LogP contribution is 1.94. The predicted molar refractivity (Wildman–Crippen MR) is 37.7 cm³/mol. The molecule has 0 fully saturated rings. The zero-order chi connectivity index (χ0) is 8.27. The Bertz CT molecular complexity index is 265. The fraction of sp³-hybridized carbons (Fsp3) is 0.500. The van der Waals surface area contributed by atoms with E-state index in [4.69, 9.17) is 11.6 Å². The van der Waals surface area contributed by atoms with E-state index in [1.54, 1.807) is 0 Å². The highest BCUT2D eigenvalue weighted by Gasteiger charge is 2.04. The number of hydrazine groups is 1. The molecule has 0 aliphatic carbocycles. The monoisotopic (exact) mass is 159 g/mol. The Balaban J connectivity index is 2.68. The van der Waals surface area contributed by atoms with E-state index in [1.165, 1.54) is 5.01 Å². The summed E-state index contributed by atoms with van der Waals surface area (Å²) < 4.78 is 4.21. The molecule has 0 spiro atoms. The van der Waals surface area contributed by atoms with Crippen LogP contribution < -0.4 is 22.3 Å². The molecule has 0 atom stereocenters. The van der Waals surface area contributed by atoms with E-state index >= 15 is 0 Å². The van der Waals surface area contributed by atoms with Gasteiger partial charge in [0.15, 0.2) is 0 Å². The van der Waals surface area contributed by atoms with Crippen molar-refractivity contribution in [2.45, 2.75) is 0 Å². The molecule has 0 radical (unpaired) electrons. The van der Waals surface area contributed by atoms with Crippen LogP contribution in [0.5, 0.6) is 0 Å². The smallest absolute Gasteiger partial charge is 0.329 e. The lowest BCUT2D eigenvalue weighted by Crippen LogP contribution is -2.36. The average molecular weight is 159 g/mol. The maximum atomic E-state index is 10.4. The number of nitrogens with two attached hydrogens (primary N) is 2. The summed E-state index contributed by atoms with van der Waals surface area (Å²) in [6, 6.07) is 0. The van der Waals surface area contributed by atoms with Crippen LogP contribution in [0, 0.1) is 0 Å². The predicted octanol–water partition coefficient (Wildman–Crippen LogP) is -2.00. The van der Waals surface area contributed by atoms with Gasteiger partial charge >= 0.3 is 5.76 Å². The van der Waals surface area contributed by atoms with Gasteiger partial charge in [0.25, 0.3) is 5.95 Å². The van der Waals surface area contributed by atoms with Crippen molar-refractivity contribution >= 4 is 5.95 Å².